The second-order valence-corrected chi connectivity index (χ2v) is 4.98. The summed E-state index contributed by atoms with van der Waals surface area (Å²) in [6.07, 6.45) is 5.38. The minimum absolute atomic E-state index is 0.0557. The number of aromatic nitrogens is 1. The van der Waals surface area contributed by atoms with E-state index in [1.165, 1.54) is 23.2 Å². The van der Waals surface area contributed by atoms with Crippen molar-refractivity contribution in [1.82, 2.24) is 4.98 Å². The maximum atomic E-state index is 6.44. The first-order valence-corrected chi connectivity index (χ1v) is 6.60. The molecule has 1 aliphatic rings. The first-order chi connectivity index (χ1) is 8.86. The van der Waals surface area contributed by atoms with Crippen molar-refractivity contribution in [3.05, 3.63) is 65.5 Å². The molecule has 2 unspecified atom stereocenters. The van der Waals surface area contributed by atoms with E-state index in [9.17, 15) is 0 Å². The van der Waals surface area contributed by atoms with E-state index >= 15 is 0 Å². The Balaban J connectivity index is 1.94. The van der Waals surface area contributed by atoms with Crippen LogP contribution in [0.15, 0.2) is 48.7 Å². The van der Waals surface area contributed by atoms with Crippen LogP contribution in [0.4, 0.5) is 0 Å². The van der Waals surface area contributed by atoms with Crippen LogP contribution in [0.2, 0.25) is 0 Å². The topological polar surface area (TPSA) is 38.9 Å². The molecule has 92 valence electrons. The van der Waals surface area contributed by atoms with Crippen LogP contribution >= 0.6 is 0 Å². The van der Waals surface area contributed by atoms with Gasteiger partial charge in [0.2, 0.25) is 0 Å². The lowest BCUT2D eigenvalue weighted by molar-refractivity contribution is 0.463. The fourth-order valence-corrected chi connectivity index (χ4v) is 2.90. The second kappa shape index (κ2) is 4.91. The molecule has 2 heteroatoms. The molecule has 18 heavy (non-hydrogen) atoms. The van der Waals surface area contributed by atoms with Crippen LogP contribution in [-0.2, 0) is 6.42 Å². The van der Waals surface area contributed by atoms with E-state index in [4.69, 9.17) is 5.73 Å². The summed E-state index contributed by atoms with van der Waals surface area (Å²) < 4.78 is 0. The van der Waals surface area contributed by atoms with Crippen molar-refractivity contribution in [2.24, 2.45) is 5.73 Å². The highest BCUT2D eigenvalue weighted by Crippen LogP contribution is 2.37. The molecular formula is C16H18N2. The second-order valence-electron chi connectivity index (χ2n) is 4.98. The zero-order chi connectivity index (χ0) is 12.4. The fourth-order valence-electron chi connectivity index (χ4n) is 2.90. The van der Waals surface area contributed by atoms with Crippen LogP contribution in [0.5, 0.6) is 0 Å². The van der Waals surface area contributed by atoms with E-state index < -0.39 is 0 Å². The van der Waals surface area contributed by atoms with Crippen LogP contribution in [-0.4, -0.2) is 4.98 Å². The third kappa shape index (κ3) is 2.04. The van der Waals surface area contributed by atoms with Gasteiger partial charge in [0.05, 0.1) is 0 Å². The van der Waals surface area contributed by atoms with Gasteiger partial charge in [0.1, 0.15) is 0 Å². The summed E-state index contributed by atoms with van der Waals surface area (Å²) in [6.45, 7) is 0. The van der Waals surface area contributed by atoms with E-state index in [0.717, 1.165) is 12.8 Å². The van der Waals surface area contributed by atoms with Gasteiger partial charge in [0.15, 0.2) is 0 Å². The number of hydrogen-bond donors (Lipinski definition) is 1. The molecular weight excluding hydrogens is 220 g/mol. The molecule has 0 spiro atoms. The monoisotopic (exact) mass is 238 g/mol. The number of nitrogens with two attached hydrogens (primary N) is 1. The van der Waals surface area contributed by atoms with Gasteiger partial charge < -0.3 is 5.73 Å². The van der Waals surface area contributed by atoms with Gasteiger partial charge in [0, 0.05) is 23.9 Å². The lowest BCUT2D eigenvalue weighted by Gasteiger charge is -2.29. The molecule has 0 radical (unpaired) electrons. The first-order valence-electron chi connectivity index (χ1n) is 6.60. The Labute approximate surface area is 108 Å². The van der Waals surface area contributed by atoms with E-state index in [1.54, 1.807) is 0 Å². The quantitative estimate of drug-likeness (QED) is 0.872. The number of rotatable bonds is 2. The van der Waals surface area contributed by atoms with E-state index in [2.05, 4.69) is 35.3 Å². The van der Waals surface area contributed by atoms with Crippen molar-refractivity contribution in [1.29, 1.82) is 0 Å². The Hall–Kier alpha value is -1.67. The lowest BCUT2D eigenvalue weighted by Crippen LogP contribution is -2.24. The van der Waals surface area contributed by atoms with Crippen molar-refractivity contribution in [2.75, 3.05) is 0 Å². The van der Waals surface area contributed by atoms with Crippen molar-refractivity contribution >= 4 is 0 Å². The summed E-state index contributed by atoms with van der Waals surface area (Å²) in [5.74, 6) is 0.359. The molecule has 2 atom stereocenters. The summed E-state index contributed by atoms with van der Waals surface area (Å²) in [7, 11) is 0. The van der Waals surface area contributed by atoms with Gasteiger partial charge in [-0.2, -0.15) is 0 Å². The summed E-state index contributed by atoms with van der Waals surface area (Å²) >= 11 is 0. The fraction of sp³-hybridized carbons (Fsp3) is 0.312. The van der Waals surface area contributed by atoms with Gasteiger partial charge in [-0.1, -0.05) is 36.4 Å². The van der Waals surface area contributed by atoms with Gasteiger partial charge in [-0.25, -0.2) is 0 Å². The van der Waals surface area contributed by atoms with E-state index in [1.807, 2.05) is 18.3 Å². The Bertz CT molecular complexity index is 522. The van der Waals surface area contributed by atoms with Crippen LogP contribution in [0.25, 0.3) is 0 Å². The molecule has 1 heterocycles. The Morgan fingerprint density at radius 1 is 1.11 bits per heavy atom. The molecule has 0 bridgehead atoms. The maximum Gasteiger partial charge on any atom is 0.0485 e. The standard InChI is InChI=1S/C16H18N2/c17-15(12-6-2-1-3-7-12)14-10-4-8-13-9-5-11-18-16(13)14/h1-3,5-7,9,11,14-15H,4,8,10,17H2. The van der Waals surface area contributed by atoms with Crippen LogP contribution in [0.1, 0.15) is 41.6 Å². The predicted molar refractivity (Wildman–Crippen MR) is 73.3 cm³/mol. The van der Waals surface area contributed by atoms with Gasteiger partial charge >= 0.3 is 0 Å². The molecule has 2 N–H and O–H groups in total. The van der Waals surface area contributed by atoms with Crippen LogP contribution in [0.3, 0.4) is 0 Å². The molecule has 1 aromatic heterocycles. The third-order valence-electron chi connectivity index (χ3n) is 3.86. The molecule has 0 fully saturated rings. The van der Waals surface area contributed by atoms with Crippen LogP contribution in [0, 0.1) is 0 Å². The zero-order valence-corrected chi connectivity index (χ0v) is 10.4. The highest BCUT2D eigenvalue weighted by Gasteiger charge is 2.27. The first kappa shape index (κ1) is 11.4. The molecule has 3 rings (SSSR count). The third-order valence-corrected chi connectivity index (χ3v) is 3.86. The number of aryl methyl sites for hydroxylation is 1. The van der Waals surface area contributed by atoms with Gasteiger partial charge in [-0.15, -0.1) is 0 Å². The average Bonchev–Trinajstić information content (AvgIpc) is 2.47. The molecule has 0 amide bonds. The highest BCUT2D eigenvalue weighted by atomic mass is 14.7. The largest absolute Gasteiger partial charge is 0.323 e. The number of fused-ring (bicyclic) bond motifs is 1. The lowest BCUT2D eigenvalue weighted by atomic mass is 9.80. The van der Waals surface area contributed by atoms with Crippen molar-refractivity contribution < 1.29 is 0 Å². The molecule has 1 aliphatic carbocycles. The molecule has 0 saturated heterocycles. The Morgan fingerprint density at radius 2 is 1.94 bits per heavy atom. The van der Waals surface area contributed by atoms with Crippen molar-refractivity contribution in [2.45, 2.75) is 31.2 Å². The number of benzene rings is 1. The summed E-state index contributed by atoms with van der Waals surface area (Å²) in [6, 6.07) is 14.6. The molecule has 0 aliphatic heterocycles. The van der Waals surface area contributed by atoms with Gasteiger partial charge in [0.25, 0.3) is 0 Å². The molecule has 1 aromatic carbocycles. The molecule has 2 aromatic rings. The van der Waals surface area contributed by atoms with Crippen molar-refractivity contribution in [3.8, 4) is 0 Å². The highest BCUT2D eigenvalue weighted by molar-refractivity contribution is 5.31. The Kier molecular flexibility index (Phi) is 3.11. The van der Waals surface area contributed by atoms with Gasteiger partial charge in [-0.05, 0) is 36.5 Å². The number of pyridine rings is 1. The van der Waals surface area contributed by atoms with Crippen molar-refractivity contribution in [3.63, 3.8) is 0 Å². The van der Waals surface area contributed by atoms with Gasteiger partial charge in [-0.3, -0.25) is 4.98 Å². The van der Waals surface area contributed by atoms with E-state index in [0.29, 0.717) is 5.92 Å². The number of hydrogen-bond acceptors (Lipinski definition) is 2. The smallest absolute Gasteiger partial charge is 0.0485 e. The Morgan fingerprint density at radius 3 is 2.78 bits per heavy atom. The predicted octanol–water partition coefficient (Wildman–Crippen LogP) is 3.20. The SMILES string of the molecule is NC(c1ccccc1)C1CCCc2cccnc21. The normalized spacial score (nSPS) is 20.2. The summed E-state index contributed by atoms with van der Waals surface area (Å²) in [5, 5.41) is 0. The summed E-state index contributed by atoms with van der Waals surface area (Å²) in [5.41, 5.74) is 10.2. The zero-order valence-electron chi connectivity index (χ0n) is 10.4. The van der Waals surface area contributed by atoms with E-state index in [-0.39, 0.29) is 6.04 Å². The molecule has 2 nitrogen and oxygen atoms in total. The molecule has 0 saturated carbocycles. The average molecular weight is 238 g/mol. The minimum Gasteiger partial charge on any atom is -0.323 e. The minimum atomic E-state index is 0.0557. The maximum absolute atomic E-state index is 6.44. The van der Waals surface area contributed by atoms with Crippen LogP contribution < -0.4 is 5.73 Å². The summed E-state index contributed by atoms with van der Waals surface area (Å²) in [4.78, 5) is 4.57. The number of nitrogens with zero attached hydrogens (tertiary/aromatic N) is 1.